The second kappa shape index (κ2) is 5.25. The van der Waals surface area contributed by atoms with Crippen LogP contribution in [-0.2, 0) is 19.9 Å². The number of hydrogen-bond donors (Lipinski definition) is 0. The van der Waals surface area contributed by atoms with Gasteiger partial charge in [-0.15, -0.1) is 0 Å². The molecule has 1 atom stereocenters. The van der Waals surface area contributed by atoms with Crippen molar-refractivity contribution >= 4 is 25.5 Å². The predicted octanol–water partition coefficient (Wildman–Crippen LogP) is 0.648. The molecule has 0 aromatic heterocycles. The van der Waals surface area contributed by atoms with Gasteiger partial charge in [-0.25, -0.2) is 16.8 Å². The smallest absolute Gasteiger partial charge is 0.238 e. The van der Waals surface area contributed by atoms with Crippen LogP contribution in [0, 0.1) is 0 Å². The van der Waals surface area contributed by atoms with E-state index in [4.69, 9.17) is 4.74 Å². The van der Waals surface area contributed by atoms with Crippen LogP contribution in [0.5, 0.6) is 5.75 Å². The van der Waals surface area contributed by atoms with Crippen molar-refractivity contribution in [2.75, 3.05) is 30.0 Å². The minimum absolute atomic E-state index is 0.0622. The van der Waals surface area contributed by atoms with Crippen molar-refractivity contribution in [1.29, 1.82) is 0 Å². The lowest BCUT2D eigenvalue weighted by atomic mass is 10.3. The van der Waals surface area contributed by atoms with Crippen molar-refractivity contribution in [2.45, 2.75) is 11.7 Å². The summed E-state index contributed by atoms with van der Waals surface area (Å²) in [7, 11) is -3.94. The predicted molar refractivity (Wildman–Crippen MR) is 77.4 cm³/mol. The van der Waals surface area contributed by atoms with E-state index in [9.17, 15) is 16.8 Å². The number of methoxy groups -OCH3 is 1. The van der Waals surface area contributed by atoms with Crippen LogP contribution in [0.1, 0.15) is 6.42 Å². The van der Waals surface area contributed by atoms with Crippen LogP contribution in [0.3, 0.4) is 0 Å². The summed E-state index contributed by atoms with van der Waals surface area (Å²) in [6.45, 7) is 0. The standard InChI is InChI=1S/C12H17NO5S2/c1-13(10-3-5-11(18-2)6-4-10)20(16,17)12-7-8-19(14,15)9-12/h3-6,12H,7-9H2,1-2H3. The maximum absolute atomic E-state index is 12.4. The molecule has 1 unspecified atom stereocenters. The molecule has 0 radical (unpaired) electrons. The monoisotopic (exact) mass is 319 g/mol. The van der Waals surface area contributed by atoms with Crippen LogP contribution in [-0.4, -0.2) is 47.7 Å². The normalized spacial score (nSPS) is 21.6. The molecule has 20 heavy (non-hydrogen) atoms. The highest BCUT2D eigenvalue weighted by Crippen LogP contribution is 2.26. The molecule has 6 nitrogen and oxygen atoms in total. The molecule has 0 amide bonds. The molecule has 1 aliphatic heterocycles. The summed E-state index contributed by atoms with van der Waals surface area (Å²) >= 11 is 0. The SMILES string of the molecule is COc1ccc(N(C)S(=O)(=O)C2CCS(=O)(=O)C2)cc1. The number of ether oxygens (including phenoxy) is 1. The zero-order chi connectivity index (χ0) is 15.0. The van der Waals surface area contributed by atoms with Gasteiger partial charge in [-0.05, 0) is 30.7 Å². The van der Waals surface area contributed by atoms with E-state index in [1.54, 1.807) is 24.3 Å². The molecule has 8 heteroatoms. The van der Waals surface area contributed by atoms with E-state index in [-0.39, 0.29) is 17.9 Å². The summed E-state index contributed by atoms with van der Waals surface area (Å²) in [5.74, 6) is 0.270. The lowest BCUT2D eigenvalue weighted by Crippen LogP contribution is -2.36. The Labute approximate surface area is 119 Å². The number of rotatable bonds is 4. The maximum atomic E-state index is 12.4. The summed E-state index contributed by atoms with van der Waals surface area (Å²) in [5.41, 5.74) is 0.482. The van der Waals surface area contributed by atoms with E-state index >= 15 is 0 Å². The maximum Gasteiger partial charge on any atom is 0.238 e. The Kier molecular flexibility index (Phi) is 3.97. The molecule has 0 bridgehead atoms. The number of anilines is 1. The minimum Gasteiger partial charge on any atom is -0.497 e. The number of benzene rings is 1. The molecule has 2 rings (SSSR count). The first-order chi connectivity index (χ1) is 9.26. The quantitative estimate of drug-likeness (QED) is 0.814. The van der Waals surface area contributed by atoms with Gasteiger partial charge in [0.1, 0.15) is 5.75 Å². The summed E-state index contributed by atoms with van der Waals surface area (Å²) in [5, 5.41) is -0.861. The van der Waals surface area contributed by atoms with Gasteiger partial charge >= 0.3 is 0 Å². The average Bonchev–Trinajstić information content (AvgIpc) is 2.79. The van der Waals surface area contributed by atoms with Gasteiger partial charge in [-0.2, -0.15) is 0 Å². The Morgan fingerprint density at radius 1 is 1.25 bits per heavy atom. The van der Waals surface area contributed by atoms with Gasteiger partial charge in [0.05, 0.1) is 29.6 Å². The average molecular weight is 319 g/mol. The van der Waals surface area contributed by atoms with Gasteiger partial charge < -0.3 is 4.74 Å². The fraction of sp³-hybridized carbons (Fsp3) is 0.500. The van der Waals surface area contributed by atoms with Crippen LogP contribution in [0.2, 0.25) is 0 Å². The molecule has 0 saturated carbocycles. The zero-order valence-electron chi connectivity index (χ0n) is 11.3. The topological polar surface area (TPSA) is 80.8 Å². The summed E-state index contributed by atoms with van der Waals surface area (Å²) in [6.07, 6.45) is 0.158. The number of hydrogen-bond acceptors (Lipinski definition) is 5. The fourth-order valence-electron chi connectivity index (χ4n) is 2.16. The van der Waals surface area contributed by atoms with E-state index in [0.29, 0.717) is 11.4 Å². The minimum atomic E-state index is -3.67. The lowest BCUT2D eigenvalue weighted by Gasteiger charge is -2.23. The third-order valence-electron chi connectivity index (χ3n) is 3.43. The zero-order valence-corrected chi connectivity index (χ0v) is 12.9. The van der Waals surface area contributed by atoms with Gasteiger partial charge in [-0.1, -0.05) is 0 Å². The highest BCUT2D eigenvalue weighted by atomic mass is 32.2. The van der Waals surface area contributed by atoms with Gasteiger partial charge in [-0.3, -0.25) is 4.31 Å². The second-order valence-corrected chi connectivity index (χ2v) is 9.21. The molecule has 0 aliphatic carbocycles. The molecular weight excluding hydrogens is 302 g/mol. The van der Waals surface area contributed by atoms with Crippen LogP contribution in [0.25, 0.3) is 0 Å². The number of sulfonamides is 1. The molecule has 1 aromatic rings. The first-order valence-corrected chi connectivity index (χ1v) is 9.41. The summed E-state index contributed by atoms with van der Waals surface area (Å²) in [6, 6.07) is 6.57. The molecule has 0 N–H and O–H groups in total. The Bertz CT molecular complexity index is 679. The highest BCUT2D eigenvalue weighted by Gasteiger charge is 2.39. The first-order valence-electron chi connectivity index (χ1n) is 6.08. The molecule has 0 spiro atoms. The fourth-order valence-corrected chi connectivity index (χ4v) is 6.44. The number of sulfone groups is 1. The van der Waals surface area contributed by atoms with Crippen molar-refractivity contribution in [1.82, 2.24) is 0 Å². The second-order valence-electron chi connectivity index (χ2n) is 4.74. The first kappa shape index (κ1) is 15.1. The number of nitrogens with zero attached hydrogens (tertiary/aromatic N) is 1. The Hall–Kier alpha value is -1.28. The van der Waals surface area contributed by atoms with E-state index in [0.717, 1.165) is 4.31 Å². The molecule has 1 fully saturated rings. The van der Waals surface area contributed by atoms with Gasteiger partial charge in [0.25, 0.3) is 0 Å². The Morgan fingerprint density at radius 2 is 1.85 bits per heavy atom. The highest BCUT2D eigenvalue weighted by molar-refractivity contribution is 7.97. The molecule has 1 aliphatic rings. The van der Waals surface area contributed by atoms with Crippen LogP contribution < -0.4 is 9.04 Å². The molecule has 1 heterocycles. The van der Waals surface area contributed by atoms with E-state index in [1.807, 2.05) is 0 Å². The van der Waals surface area contributed by atoms with Gasteiger partial charge in [0, 0.05) is 7.05 Å². The van der Waals surface area contributed by atoms with Gasteiger partial charge in [0.15, 0.2) is 9.84 Å². The van der Waals surface area contributed by atoms with Crippen molar-refractivity contribution in [3.8, 4) is 5.75 Å². The van der Waals surface area contributed by atoms with E-state index < -0.39 is 25.1 Å². The van der Waals surface area contributed by atoms with Crippen molar-refractivity contribution in [3.63, 3.8) is 0 Å². The van der Waals surface area contributed by atoms with Gasteiger partial charge in [0.2, 0.25) is 10.0 Å². The molecular formula is C12H17NO5S2. The van der Waals surface area contributed by atoms with Crippen LogP contribution >= 0.6 is 0 Å². The van der Waals surface area contributed by atoms with E-state index in [1.165, 1.54) is 14.2 Å². The van der Waals surface area contributed by atoms with E-state index in [2.05, 4.69) is 0 Å². The summed E-state index contributed by atoms with van der Waals surface area (Å²) in [4.78, 5) is 0. The lowest BCUT2D eigenvalue weighted by molar-refractivity contribution is 0.415. The molecule has 1 aromatic carbocycles. The van der Waals surface area contributed by atoms with Crippen molar-refractivity contribution in [3.05, 3.63) is 24.3 Å². The summed E-state index contributed by atoms with van der Waals surface area (Å²) < 4.78 is 53.8. The molecule has 112 valence electrons. The largest absolute Gasteiger partial charge is 0.497 e. The van der Waals surface area contributed by atoms with Crippen molar-refractivity contribution in [2.24, 2.45) is 0 Å². The van der Waals surface area contributed by atoms with Crippen LogP contribution in [0.4, 0.5) is 5.69 Å². The third kappa shape index (κ3) is 2.90. The van der Waals surface area contributed by atoms with Crippen LogP contribution in [0.15, 0.2) is 24.3 Å². The third-order valence-corrected chi connectivity index (χ3v) is 7.63. The Morgan fingerprint density at radius 3 is 2.30 bits per heavy atom. The van der Waals surface area contributed by atoms with Crippen molar-refractivity contribution < 1.29 is 21.6 Å². The Balaban J connectivity index is 2.24. The molecule has 1 saturated heterocycles.